The molecule has 0 aromatic heterocycles. The third-order valence-electron chi connectivity index (χ3n) is 2.01. The van der Waals surface area contributed by atoms with Gasteiger partial charge in [0.25, 0.3) is 0 Å². The van der Waals surface area contributed by atoms with E-state index in [1.807, 2.05) is 25.1 Å². The molecule has 0 saturated heterocycles. The first kappa shape index (κ1) is 12.6. The summed E-state index contributed by atoms with van der Waals surface area (Å²) in [5, 5.41) is 3.40. The second-order valence-corrected chi connectivity index (χ2v) is 3.93. The van der Waals surface area contributed by atoms with Crippen molar-refractivity contribution in [1.82, 2.24) is 0 Å². The predicted molar refractivity (Wildman–Crippen MR) is 69.2 cm³/mol. The van der Waals surface area contributed by atoms with Crippen LogP contribution in [0.2, 0.25) is 5.02 Å². The first-order chi connectivity index (χ1) is 7.56. The molecule has 1 amide bonds. The van der Waals surface area contributed by atoms with Crippen molar-refractivity contribution in [3.8, 4) is 0 Å². The van der Waals surface area contributed by atoms with Crippen molar-refractivity contribution in [3.63, 3.8) is 0 Å². The number of anilines is 2. The average Bonchev–Trinajstić information content (AvgIpc) is 2.17. The summed E-state index contributed by atoms with van der Waals surface area (Å²) in [5.41, 5.74) is 1.52. The molecule has 0 aliphatic carbocycles. The maximum absolute atomic E-state index is 11.4. The molecule has 1 aromatic carbocycles. The summed E-state index contributed by atoms with van der Waals surface area (Å²) in [6, 6.07) is 5.42. The van der Waals surface area contributed by atoms with Crippen molar-refractivity contribution in [2.45, 2.75) is 6.92 Å². The Morgan fingerprint density at radius 3 is 2.69 bits per heavy atom. The fourth-order valence-electron chi connectivity index (χ4n) is 1.40. The molecule has 3 nitrogen and oxygen atoms in total. The Labute approximate surface area is 101 Å². The van der Waals surface area contributed by atoms with Gasteiger partial charge in [0.2, 0.25) is 5.91 Å². The third-order valence-corrected chi connectivity index (χ3v) is 2.31. The quantitative estimate of drug-likeness (QED) is 0.822. The van der Waals surface area contributed by atoms with Gasteiger partial charge in [-0.2, -0.15) is 0 Å². The number of carbonyl (C=O) groups is 1. The number of rotatable bonds is 3. The van der Waals surface area contributed by atoms with Gasteiger partial charge in [-0.05, 0) is 25.1 Å². The van der Waals surface area contributed by atoms with Gasteiger partial charge in [0.15, 0.2) is 0 Å². The van der Waals surface area contributed by atoms with Crippen LogP contribution in [-0.2, 0) is 4.79 Å². The average molecular weight is 239 g/mol. The van der Waals surface area contributed by atoms with Crippen LogP contribution < -0.4 is 10.2 Å². The minimum Gasteiger partial charge on any atom is -0.375 e. The third kappa shape index (κ3) is 3.00. The molecular weight excluding hydrogens is 224 g/mol. The van der Waals surface area contributed by atoms with E-state index in [2.05, 4.69) is 5.32 Å². The normalized spacial score (nSPS) is 10.5. The van der Waals surface area contributed by atoms with Gasteiger partial charge < -0.3 is 10.2 Å². The first-order valence-electron chi connectivity index (χ1n) is 4.95. The summed E-state index contributed by atoms with van der Waals surface area (Å²) in [6.45, 7) is 1.80. The number of hydrogen-bond acceptors (Lipinski definition) is 2. The molecule has 0 bridgehead atoms. The smallest absolute Gasteiger partial charge is 0.248 e. The molecule has 4 heteroatoms. The van der Waals surface area contributed by atoms with Crippen LogP contribution in [0.1, 0.15) is 6.92 Å². The fourth-order valence-corrected chi connectivity index (χ4v) is 1.74. The molecule has 16 heavy (non-hydrogen) atoms. The molecule has 0 aliphatic rings. The lowest BCUT2D eigenvalue weighted by atomic mass is 10.2. The summed E-state index contributed by atoms with van der Waals surface area (Å²) in [6.07, 6.45) is 3.16. The lowest BCUT2D eigenvalue weighted by molar-refractivity contribution is -0.111. The van der Waals surface area contributed by atoms with E-state index in [0.717, 1.165) is 5.69 Å². The van der Waals surface area contributed by atoms with E-state index >= 15 is 0 Å². The van der Waals surface area contributed by atoms with Crippen molar-refractivity contribution >= 4 is 28.9 Å². The first-order valence-corrected chi connectivity index (χ1v) is 5.33. The van der Waals surface area contributed by atoms with E-state index in [1.165, 1.54) is 6.08 Å². The maximum atomic E-state index is 11.4. The second-order valence-electron chi connectivity index (χ2n) is 3.52. The molecule has 0 saturated carbocycles. The summed E-state index contributed by atoms with van der Waals surface area (Å²) >= 11 is 6.07. The topological polar surface area (TPSA) is 32.3 Å². The highest BCUT2D eigenvalue weighted by molar-refractivity contribution is 6.34. The zero-order chi connectivity index (χ0) is 12.1. The number of hydrogen-bond donors (Lipinski definition) is 1. The number of para-hydroxylation sites is 1. The number of halogens is 1. The Hall–Kier alpha value is -1.48. The fraction of sp³-hybridized carbons (Fsp3) is 0.250. The van der Waals surface area contributed by atoms with E-state index in [0.29, 0.717) is 10.7 Å². The summed E-state index contributed by atoms with van der Waals surface area (Å²) < 4.78 is 0. The molecule has 1 rings (SSSR count). The number of allylic oxidation sites excluding steroid dienone is 1. The zero-order valence-electron chi connectivity index (χ0n) is 9.62. The molecule has 1 aromatic rings. The number of carbonyl (C=O) groups excluding carboxylic acids is 1. The van der Waals surface area contributed by atoms with Crippen molar-refractivity contribution < 1.29 is 4.79 Å². The second kappa shape index (κ2) is 5.56. The standard InChI is InChI=1S/C12H15ClN2O/c1-4-6-11(16)14-10-8-5-7-9(13)12(10)15(2)3/h4-8H,1-3H3,(H,14,16). The lowest BCUT2D eigenvalue weighted by Gasteiger charge is -2.18. The molecule has 86 valence electrons. The van der Waals surface area contributed by atoms with Crippen LogP contribution in [0.25, 0.3) is 0 Å². The summed E-state index contributed by atoms with van der Waals surface area (Å²) in [4.78, 5) is 13.3. The molecular formula is C12H15ClN2O. The Kier molecular flexibility index (Phi) is 4.38. The van der Waals surface area contributed by atoms with Gasteiger partial charge in [0.05, 0.1) is 16.4 Å². The lowest BCUT2D eigenvalue weighted by Crippen LogP contribution is -2.15. The highest BCUT2D eigenvalue weighted by Gasteiger charge is 2.09. The van der Waals surface area contributed by atoms with Crippen LogP contribution in [-0.4, -0.2) is 20.0 Å². The van der Waals surface area contributed by atoms with Crippen LogP contribution in [0.5, 0.6) is 0 Å². The maximum Gasteiger partial charge on any atom is 0.248 e. The molecule has 0 atom stereocenters. The van der Waals surface area contributed by atoms with Crippen LogP contribution in [0, 0.1) is 0 Å². The van der Waals surface area contributed by atoms with Crippen LogP contribution in [0.4, 0.5) is 11.4 Å². The van der Waals surface area contributed by atoms with Crippen molar-refractivity contribution in [1.29, 1.82) is 0 Å². The summed E-state index contributed by atoms with van der Waals surface area (Å²) in [5.74, 6) is -0.159. The van der Waals surface area contributed by atoms with Crippen LogP contribution in [0.3, 0.4) is 0 Å². The minimum absolute atomic E-state index is 0.159. The van der Waals surface area contributed by atoms with Crippen molar-refractivity contribution in [2.24, 2.45) is 0 Å². The Morgan fingerprint density at radius 1 is 1.44 bits per heavy atom. The molecule has 1 N–H and O–H groups in total. The molecule has 0 unspecified atom stereocenters. The molecule has 0 fully saturated rings. The van der Waals surface area contributed by atoms with Gasteiger partial charge in [0, 0.05) is 14.1 Å². The number of amides is 1. The number of nitrogens with zero attached hydrogens (tertiary/aromatic N) is 1. The number of nitrogens with one attached hydrogen (secondary N) is 1. The largest absolute Gasteiger partial charge is 0.375 e. The summed E-state index contributed by atoms with van der Waals surface area (Å²) in [7, 11) is 3.76. The zero-order valence-corrected chi connectivity index (χ0v) is 10.4. The van der Waals surface area contributed by atoms with Gasteiger partial charge in [0.1, 0.15) is 0 Å². The van der Waals surface area contributed by atoms with Crippen molar-refractivity contribution in [3.05, 3.63) is 35.4 Å². The van der Waals surface area contributed by atoms with Gasteiger partial charge in [-0.3, -0.25) is 4.79 Å². The van der Waals surface area contributed by atoms with E-state index < -0.39 is 0 Å². The monoisotopic (exact) mass is 238 g/mol. The molecule has 0 spiro atoms. The Morgan fingerprint density at radius 2 is 2.12 bits per heavy atom. The van der Waals surface area contributed by atoms with Crippen LogP contribution >= 0.6 is 11.6 Å². The van der Waals surface area contributed by atoms with Gasteiger partial charge in [-0.15, -0.1) is 0 Å². The van der Waals surface area contributed by atoms with E-state index in [9.17, 15) is 4.79 Å². The molecule has 0 heterocycles. The van der Waals surface area contributed by atoms with Crippen molar-refractivity contribution in [2.75, 3.05) is 24.3 Å². The minimum atomic E-state index is -0.159. The predicted octanol–water partition coefficient (Wildman–Crippen LogP) is 2.92. The van der Waals surface area contributed by atoms with Crippen LogP contribution in [0.15, 0.2) is 30.4 Å². The van der Waals surface area contributed by atoms with E-state index in [1.54, 1.807) is 25.1 Å². The molecule has 0 aliphatic heterocycles. The van der Waals surface area contributed by atoms with Gasteiger partial charge >= 0.3 is 0 Å². The molecule has 0 radical (unpaired) electrons. The van der Waals surface area contributed by atoms with Gasteiger partial charge in [-0.25, -0.2) is 0 Å². The Balaban J connectivity index is 3.04. The SMILES string of the molecule is CC=CC(=O)Nc1cccc(Cl)c1N(C)C. The number of benzene rings is 1. The Bertz CT molecular complexity index is 413. The highest BCUT2D eigenvalue weighted by atomic mass is 35.5. The van der Waals surface area contributed by atoms with E-state index in [-0.39, 0.29) is 5.91 Å². The van der Waals surface area contributed by atoms with E-state index in [4.69, 9.17) is 11.6 Å². The van der Waals surface area contributed by atoms with Gasteiger partial charge in [-0.1, -0.05) is 23.7 Å². The highest BCUT2D eigenvalue weighted by Crippen LogP contribution is 2.32.